The van der Waals surface area contributed by atoms with E-state index in [9.17, 15) is 71.5 Å². The molecule has 2 amide bonds. The van der Waals surface area contributed by atoms with E-state index in [1.807, 2.05) is 0 Å². The van der Waals surface area contributed by atoms with Crippen LogP contribution in [0.5, 0.6) is 40.2 Å². The van der Waals surface area contributed by atoms with E-state index >= 15 is 0 Å². The molecule has 0 spiro atoms. The van der Waals surface area contributed by atoms with E-state index in [1.54, 1.807) is 6.92 Å². The van der Waals surface area contributed by atoms with Crippen LogP contribution in [0.15, 0.2) is 90.1 Å². The number of benzene rings is 2. The highest BCUT2D eigenvalue weighted by molar-refractivity contribution is 9.10. The second kappa shape index (κ2) is 22.0. The lowest BCUT2D eigenvalue weighted by Gasteiger charge is -2.18. The van der Waals surface area contributed by atoms with Crippen molar-refractivity contribution in [3.63, 3.8) is 0 Å². The molecule has 15 nitrogen and oxygen atoms in total. The Morgan fingerprint density at radius 2 is 0.972 bits per heavy atom. The second-order valence-electron chi connectivity index (χ2n) is 13.9. The molecule has 4 aromatic heterocycles. The molecule has 0 radical (unpaired) electrons. The molecule has 2 aromatic carbocycles. The van der Waals surface area contributed by atoms with Gasteiger partial charge in [0.25, 0.3) is 11.8 Å². The first-order valence-electron chi connectivity index (χ1n) is 19.2. The first kappa shape index (κ1) is 55.0. The van der Waals surface area contributed by atoms with Crippen molar-refractivity contribution >= 4 is 45.1 Å². The minimum Gasteiger partial charge on any atom is -0.493 e. The van der Waals surface area contributed by atoms with Crippen molar-refractivity contribution in [2.45, 2.75) is 38.9 Å². The molecular formula is C43H28BrF13N6O9. The van der Waals surface area contributed by atoms with Gasteiger partial charge in [-0.2, -0.15) is 26.3 Å². The highest BCUT2D eigenvalue weighted by atomic mass is 79.9. The average Bonchev–Trinajstić information content (AvgIpc) is 3.27. The molecule has 4 heterocycles. The summed E-state index contributed by atoms with van der Waals surface area (Å²) in [5.41, 5.74) is -4.63. The smallest absolute Gasteiger partial charge is 0.493 e. The fraction of sp³-hybridized carbons (Fsp3) is 0.186. The molecule has 0 aliphatic rings. The third kappa shape index (κ3) is 14.5. The third-order valence-electron chi connectivity index (χ3n) is 8.81. The molecule has 382 valence electrons. The highest BCUT2D eigenvalue weighted by Gasteiger charge is 2.41. The lowest BCUT2D eigenvalue weighted by Crippen LogP contribution is -2.20. The van der Waals surface area contributed by atoms with Crippen LogP contribution in [0.3, 0.4) is 0 Å². The number of pyridine rings is 4. The van der Waals surface area contributed by atoms with Crippen LogP contribution in [0.4, 0.5) is 68.5 Å². The number of aromatic nitrogens is 4. The van der Waals surface area contributed by atoms with Crippen molar-refractivity contribution < 1.29 is 99.9 Å². The summed E-state index contributed by atoms with van der Waals surface area (Å²) in [4.78, 5) is 51.9. The number of anilines is 2. The van der Waals surface area contributed by atoms with Crippen LogP contribution in [-0.4, -0.2) is 64.7 Å². The minimum atomic E-state index is -5.22. The number of carbonyl (C=O) groups excluding carboxylic acids is 3. The van der Waals surface area contributed by atoms with Crippen LogP contribution in [0.25, 0.3) is 0 Å². The largest absolute Gasteiger partial charge is 0.573 e. The molecule has 0 aliphatic heterocycles. The Kier molecular flexibility index (Phi) is 16.8. The van der Waals surface area contributed by atoms with Crippen molar-refractivity contribution in [3.8, 4) is 40.2 Å². The Bertz CT molecular complexity index is 2960. The quantitative estimate of drug-likeness (QED) is 0.0671. The first-order chi connectivity index (χ1) is 33.5. The first-order valence-corrected chi connectivity index (χ1v) is 20.0. The van der Waals surface area contributed by atoms with Gasteiger partial charge in [0.05, 0.1) is 26.6 Å². The Morgan fingerprint density at radius 1 is 0.556 bits per heavy atom. The maximum absolute atomic E-state index is 14.8. The Balaban J connectivity index is 0.000000269. The molecule has 0 unspecified atom stereocenters. The zero-order chi connectivity index (χ0) is 53.5. The van der Waals surface area contributed by atoms with Gasteiger partial charge in [0, 0.05) is 23.8 Å². The maximum Gasteiger partial charge on any atom is 0.573 e. The van der Waals surface area contributed by atoms with Crippen LogP contribution in [0.1, 0.15) is 53.7 Å². The number of esters is 1. The second-order valence-corrected chi connectivity index (χ2v) is 14.7. The van der Waals surface area contributed by atoms with Crippen LogP contribution >= 0.6 is 15.9 Å². The molecule has 0 bridgehead atoms. The fourth-order valence-electron chi connectivity index (χ4n) is 5.68. The van der Waals surface area contributed by atoms with Gasteiger partial charge < -0.3 is 39.1 Å². The number of alkyl halides is 12. The van der Waals surface area contributed by atoms with E-state index in [1.165, 1.54) is 25.4 Å². The SMILES string of the molecule is COC(=O)c1cc(NC(=O)c2c(Oc3ccc(OC(F)(F)F)cc3)cnc(C(F)(F)F)c2OC)c(C)cn1.Cc1cnc(Br)cc1NC(=O)c1c(Oc2ccc(OC(F)(F)F)cc2)cnc(C(F)(F)F)c1F. The lowest BCUT2D eigenvalue weighted by molar-refractivity contribution is -0.275. The van der Waals surface area contributed by atoms with Crippen molar-refractivity contribution in [2.24, 2.45) is 0 Å². The van der Waals surface area contributed by atoms with Crippen LogP contribution in [-0.2, 0) is 17.1 Å². The van der Waals surface area contributed by atoms with Gasteiger partial charge >= 0.3 is 31.0 Å². The van der Waals surface area contributed by atoms with Crippen molar-refractivity contribution in [2.75, 3.05) is 24.9 Å². The predicted molar refractivity (Wildman–Crippen MR) is 224 cm³/mol. The van der Waals surface area contributed by atoms with Gasteiger partial charge in [0.2, 0.25) is 0 Å². The number of hydrogen-bond donors (Lipinski definition) is 2. The summed E-state index contributed by atoms with van der Waals surface area (Å²) in [6.45, 7) is 3.05. The average molecular weight is 1100 g/mol. The summed E-state index contributed by atoms with van der Waals surface area (Å²) in [5, 5.41) is 4.65. The van der Waals surface area contributed by atoms with Crippen molar-refractivity contribution in [1.82, 2.24) is 19.9 Å². The van der Waals surface area contributed by atoms with Gasteiger partial charge in [-0.05, 0) is 102 Å². The summed E-state index contributed by atoms with van der Waals surface area (Å²) in [7, 11) is 1.98. The summed E-state index contributed by atoms with van der Waals surface area (Å²) >= 11 is 3.08. The Morgan fingerprint density at radius 3 is 1.42 bits per heavy atom. The summed E-state index contributed by atoms with van der Waals surface area (Å²) < 4.78 is 197. The van der Waals surface area contributed by atoms with Gasteiger partial charge in [-0.25, -0.2) is 29.1 Å². The zero-order valence-corrected chi connectivity index (χ0v) is 37.9. The van der Waals surface area contributed by atoms with E-state index < -0.39 is 99.9 Å². The normalized spacial score (nSPS) is 11.6. The van der Waals surface area contributed by atoms with Crippen molar-refractivity contribution in [1.29, 1.82) is 0 Å². The number of nitrogens with zero attached hydrogens (tertiary/aromatic N) is 4. The molecule has 29 heteroatoms. The van der Waals surface area contributed by atoms with Crippen LogP contribution in [0.2, 0.25) is 0 Å². The van der Waals surface area contributed by atoms with Gasteiger partial charge in [0.15, 0.2) is 34.5 Å². The number of halogens is 14. The van der Waals surface area contributed by atoms with E-state index in [0.29, 0.717) is 23.5 Å². The molecule has 72 heavy (non-hydrogen) atoms. The molecule has 2 N–H and O–H groups in total. The Labute approximate surface area is 403 Å². The van der Waals surface area contributed by atoms with Crippen molar-refractivity contribution in [3.05, 3.63) is 135 Å². The molecule has 6 rings (SSSR count). The molecule has 0 atom stereocenters. The van der Waals surface area contributed by atoms with E-state index in [2.05, 4.69) is 60.7 Å². The number of aryl methyl sites for hydroxylation is 2. The molecule has 0 fully saturated rings. The molecule has 0 saturated carbocycles. The fourth-order valence-corrected chi connectivity index (χ4v) is 6.01. The number of rotatable bonds is 12. The summed E-state index contributed by atoms with van der Waals surface area (Å²) in [6, 6.07) is 10.0. The van der Waals surface area contributed by atoms with Crippen LogP contribution in [0, 0.1) is 19.7 Å². The van der Waals surface area contributed by atoms with E-state index in [0.717, 1.165) is 68.8 Å². The zero-order valence-electron chi connectivity index (χ0n) is 36.3. The molecule has 0 saturated heterocycles. The number of nitrogens with one attached hydrogen (secondary N) is 2. The third-order valence-corrected chi connectivity index (χ3v) is 9.25. The lowest BCUT2D eigenvalue weighted by atomic mass is 10.1. The molecule has 6 aromatic rings. The summed E-state index contributed by atoms with van der Waals surface area (Å²) in [5.74, 6) is -9.05. The van der Waals surface area contributed by atoms with Gasteiger partial charge in [-0.1, -0.05) is 0 Å². The number of carbonyl (C=O) groups is 3. The monoisotopic (exact) mass is 1100 g/mol. The number of amides is 2. The summed E-state index contributed by atoms with van der Waals surface area (Å²) in [6.07, 6.45) is -16.5. The number of ether oxygens (including phenoxy) is 6. The highest BCUT2D eigenvalue weighted by Crippen LogP contribution is 2.42. The Hall–Kier alpha value is -7.98. The predicted octanol–water partition coefficient (Wildman–Crippen LogP) is 12.2. The minimum absolute atomic E-state index is 0.0115. The molecule has 0 aliphatic carbocycles. The number of hydrogen-bond acceptors (Lipinski definition) is 13. The van der Waals surface area contributed by atoms with Gasteiger partial charge in [-0.15, -0.1) is 26.3 Å². The van der Waals surface area contributed by atoms with E-state index in [4.69, 9.17) is 14.2 Å². The maximum atomic E-state index is 14.8. The van der Waals surface area contributed by atoms with E-state index in [-0.39, 0.29) is 33.2 Å². The van der Waals surface area contributed by atoms with Gasteiger partial charge in [-0.3, -0.25) is 9.59 Å². The molecular weight excluding hydrogens is 1070 g/mol. The van der Waals surface area contributed by atoms with Gasteiger partial charge in [0.1, 0.15) is 44.4 Å². The number of methoxy groups -OCH3 is 2. The topological polar surface area (TPSA) is 182 Å². The standard InChI is InChI=1S/C23H17F6N3O6.C20H11BrF7N3O3/c1-11-9-30-15(21(34)36-3)8-14(11)32-20(33)17-16(10-31-19(18(17)35-2)22(24,25)26)37-12-4-6-13(7-5-12)38-23(27,28)29;1-9-7-29-14(21)6-12(9)31-18(32)15-13(8-30-17(16(15)22)19(23,24)25)33-10-2-4-11(5-3-10)34-20(26,27)28/h4-10H,1-3H3,(H,30,32,33);2-8H,1H3,(H,29,31,32). The van der Waals surface area contributed by atoms with Crippen LogP contribution < -0.4 is 34.3 Å².